The maximum absolute atomic E-state index is 14.4. The van der Waals surface area contributed by atoms with Gasteiger partial charge in [-0.2, -0.15) is 0 Å². The van der Waals surface area contributed by atoms with Gasteiger partial charge in [0.2, 0.25) is 5.91 Å². The Labute approximate surface area is 189 Å². The lowest BCUT2D eigenvalue weighted by atomic mass is 10.0. The van der Waals surface area contributed by atoms with E-state index in [2.05, 4.69) is 31.4 Å². The average molecular weight is 451 g/mol. The molecule has 7 nitrogen and oxygen atoms in total. The highest BCUT2D eigenvalue weighted by Crippen LogP contribution is 2.18. The first-order valence-electron chi connectivity index (χ1n) is 11.6. The van der Waals surface area contributed by atoms with E-state index in [1.807, 2.05) is 13.8 Å². The zero-order chi connectivity index (χ0) is 23.8. The molecule has 2 N–H and O–H groups in total. The quantitative estimate of drug-likeness (QED) is 0.278. The molecule has 0 bridgehead atoms. The summed E-state index contributed by atoms with van der Waals surface area (Å²) >= 11 is 0. The van der Waals surface area contributed by atoms with Gasteiger partial charge in [-0.05, 0) is 40.5 Å². The van der Waals surface area contributed by atoms with Crippen LogP contribution in [0.1, 0.15) is 61.3 Å². The van der Waals surface area contributed by atoms with Crippen LogP contribution in [-0.4, -0.2) is 82.6 Å². The fourth-order valence-electron chi connectivity index (χ4n) is 2.38. The molecule has 0 aromatic heterocycles. The number of nitrogens with one attached hydrogen (secondary N) is 2. The molecule has 186 valence electrons. The number of carbonyl (C=O) groups excluding carboxylic acids is 1. The lowest BCUT2D eigenvalue weighted by Gasteiger charge is -2.29. The second kappa shape index (κ2) is 16.8. The molecule has 0 heterocycles. The van der Waals surface area contributed by atoms with Gasteiger partial charge in [0.15, 0.2) is 0 Å². The fourth-order valence-corrected chi connectivity index (χ4v) is 2.38. The zero-order valence-corrected chi connectivity index (χ0v) is 20.9. The summed E-state index contributed by atoms with van der Waals surface area (Å²) in [7, 11) is 0. The van der Waals surface area contributed by atoms with E-state index in [4.69, 9.17) is 18.9 Å². The van der Waals surface area contributed by atoms with E-state index in [1.165, 1.54) is 0 Å². The van der Waals surface area contributed by atoms with Crippen molar-refractivity contribution in [2.24, 2.45) is 5.92 Å². The van der Waals surface area contributed by atoms with E-state index >= 15 is 0 Å². The minimum absolute atomic E-state index is 0.0562. The fraction of sp³-hybridized carbons (Fsp3) is 0.957. The highest BCUT2D eigenvalue weighted by atomic mass is 19.1. The lowest BCUT2D eigenvalue weighted by Crippen LogP contribution is -2.45. The lowest BCUT2D eigenvalue weighted by molar-refractivity contribution is -0.126. The van der Waals surface area contributed by atoms with E-state index in [9.17, 15) is 9.18 Å². The Morgan fingerprint density at radius 3 is 1.94 bits per heavy atom. The van der Waals surface area contributed by atoms with Crippen molar-refractivity contribution in [3.63, 3.8) is 0 Å². The number of rotatable bonds is 20. The molecule has 8 heteroatoms. The van der Waals surface area contributed by atoms with Gasteiger partial charge in [0, 0.05) is 18.0 Å². The van der Waals surface area contributed by atoms with Crippen LogP contribution in [0.2, 0.25) is 0 Å². The third kappa shape index (κ3) is 15.6. The van der Waals surface area contributed by atoms with Crippen molar-refractivity contribution in [1.29, 1.82) is 0 Å². The molecule has 0 radical (unpaired) electrons. The Hall–Kier alpha value is -0.800. The van der Waals surface area contributed by atoms with Crippen molar-refractivity contribution in [3.8, 4) is 0 Å². The monoisotopic (exact) mass is 450 g/mol. The summed E-state index contributed by atoms with van der Waals surface area (Å²) in [6.45, 7) is 17.7. The number of amides is 1. The second-order valence-electron chi connectivity index (χ2n) is 8.98. The van der Waals surface area contributed by atoms with Gasteiger partial charge in [0.05, 0.1) is 58.4 Å². The molecule has 0 aliphatic carbocycles. The summed E-state index contributed by atoms with van der Waals surface area (Å²) in [5.74, 6) is -0.250. The molecular weight excluding hydrogens is 403 g/mol. The van der Waals surface area contributed by atoms with Gasteiger partial charge in [-0.15, -0.1) is 0 Å². The van der Waals surface area contributed by atoms with Gasteiger partial charge in [0.25, 0.3) is 0 Å². The Morgan fingerprint density at radius 2 is 1.42 bits per heavy atom. The molecule has 2 atom stereocenters. The number of halogens is 1. The smallest absolute Gasteiger partial charge is 0.222 e. The highest BCUT2D eigenvalue weighted by Gasteiger charge is 2.31. The predicted octanol–water partition coefficient (Wildman–Crippen LogP) is 3.11. The normalized spacial score (nSPS) is 14.5. The van der Waals surface area contributed by atoms with E-state index < -0.39 is 11.8 Å². The molecule has 0 spiro atoms. The highest BCUT2D eigenvalue weighted by molar-refractivity contribution is 5.78. The summed E-state index contributed by atoms with van der Waals surface area (Å²) in [5, 5.41) is 6.07. The van der Waals surface area contributed by atoms with Crippen LogP contribution in [0.3, 0.4) is 0 Å². The number of ether oxygens (including phenoxy) is 4. The molecule has 0 aliphatic heterocycles. The van der Waals surface area contributed by atoms with Gasteiger partial charge >= 0.3 is 0 Å². The summed E-state index contributed by atoms with van der Waals surface area (Å²) in [6, 6.07) is 0. The molecule has 2 unspecified atom stereocenters. The minimum Gasteiger partial charge on any atom is -0.378 e. The summed E-state index contributed by atoms with van der Waals surface area (Å²) in [6.07, 6.45) is 0.502. The molecule has 0 rings (SSSR count). The Kier molecular flexibility index (Phi) is 16.3. The first kappa shape index (κ1) is 30.2. The maximum Gasteiger partial charge on any atom is 0.222 e. The number of hydrogen-bond donors (Lipinski definition) is 2. The Balaban J connectivity index is 3.61. The van der Waals surface area contributed by atoms with Crippen LogP contribution in [-0.2, 0) is 23.7 Å². The van der Waals surface area contributed by atoms with Crippen LogP contribution in [0.15, 0.2) is 0 Å². The third-order valence-corrected chi connectivity index (χ3v) is 5.45. The summed E-state index contributed by atoms with van der Waals surface area (Å²) in [4.78, 5) is 11.8. The van der Waals surface area contributed by atoms with E-state index in [-0.39, 0.29) is 30.5 Å². The van der Waals surface area contributed by atoms with Crippen molar-refractivity contribution in [2.45, 2.75) is 78.6 Å². The van der Waals surface area contributed by atoms with Crippen molar-refractivity contribution < 1.29 is 28.1 Å². The van der Waals surface area contributed by atoms with Crippen LogP contribution in [0.5, 0.6) is 0 Å². The van der Waals surface area contributed by atoms with Crippen LogP contribution < -0.4 is 10.6 Å². The van der Waals surface area contributed by atoms with Gasteiger partial charge in [-0.25, -0.2) is 4.39 Å². The van der Waals surface area contributed by atoms with Crippen LogP contribution in [0.4, 0.5) is 4.39 Å². The Bertz CT molecular complexity index is 463. The van der Waals surface area contributed by atoms with Gasteiger partial charge in [-0.3, -0.25) is 4.79 Å². The van der Waals surface area contributed by atoms with Crippen molar-refractivity contribution in [1.82, 2.24) is 10.6 Å². The standard InChI is InChI=1S/C23H47FN2O5/c1-8-19(3)21(27)25-18-20(24)23(6,7)31-17-16-30-15-14-29-13-12-28-11-10-26-22(4,5)9-2/h19-20,26H,8-18H2,1-7H3,(H,25,27). The second-order valence-corrected chi connectivity index (χ2v) is 8.98. The molecule has 0 saturated carbocycles. The van der Waals surface area contributed by atoms with Gasteiger partial charge < -0.3 is 29.6 Å². The predicted molar refractivity (Wildman–Crippen MR) is 122 cm³/mol. The van der Waals surface area contributed by atoms with Gasteiger partial charge in [0.1, 0.15) is 6.17 Å². The zero-order valence-electron chi connectivity index (χ0n) is 20.9. The largest absolute Gasteiger partial charge is 0.378 e. The van der Waals surface area contributed by atoms with Crippen LogP contribution >= 0.6 is 0 Å². The SMILES string of the molecule is CCC(C)C(=O)NCC(F)C(C)(C)OCCOCCOCCOCCNC(C)(C)CC. The van der Waals surface area contributed by atoms with Crippen LogP contribution in [0, 0.1) is 5.92 Å². The minimum atomic E-state index is -1.30. The number of carbonyl (C=O) groups is 1. The van der Waals surface area contributed by atoms with Crippen LogP contribution in [0.25, 0.3) is 0 Å². The topological polar surface area (TPSA) is 78.1 Å². The van der Waals surface area contributed by atoms with Crippen molar-refractivity contribution in [3.05, 3.63) is 0 Å². The molecular formula is C23H47FN2O5. The maximum atomic E-state index is 14.4. The van der Waals surface area contributed by atoms with Crippen molar-refractivity contribution in [2.75, 3.05) is 59.3 Å². The van der Waals surface area contributed by atoms with E-state index in [0.29, 0.717) is 39.6 Å². The van der Waals surface area contributed by atoms with Gasteiger partial charge in [-0.1, -0.05) is 20.8 Å². The Morgan fingerprint density at radius 1 is 0.903 bits per heavy atom. The summed E-state index contributed by atoms with van der Waals surface area (Å²) in [5.41, 5.74) is -0.856. The first-order valence-corrected chi connectivity index (χ1v) is 11.6. The van der Waals surface area contributed by atoms with E-state index in [1.54, 1.807) is 13.8 Å². The van der Waals surface area contributed by atoms with E-state index in [0.717, 1.165) is 19.4 Å². The first-order chi connectivity index (χ1) is 14.6. The van der Waals surface area contributed by atoms with Crippen molar-refractivity contribution >= 4 is 5.91 Å². The third-order valence-electron chi connectivity index (χ3n) is 5.45. The molecule has 31 heavy (non-hydrogen) atoms. The molecule has 0 aliphatic rings. The molecule has 0 saturated heterocycles. The number of hydrogen-bond acceptors (Lipinski definition) is 6. The molecule has 0 aromatic rings. The average Bonchev–Trinajstić information content (AvgIpc) is 2.74. The molecule has 0 aromatic carbocycles. The molecule has 0 fully saturated rings. The molecule has 1 amide bonds. The number of alkyl halides is 1. The summed E-state index contributed by atoms with van der Waals surface area (Å²) < 4.78 is 36.4.